The predicted molar refractivity (Wildman–Crippen MR) is 132 cm³/mol. The Morgan fingerprint density at radius 1 is 0.818 bits per heavy atom. The Kier molecular flexibility index (Phi) is 5.06. The van der Waals surface area contributed by atoms with Crippen LogP contribution in [0.2, 0.25) is 0 Å². The topological polar surface area (TPSA) is 57.5 Å². The Morgan fingerprint density at radius 2 is 1.45 bits per heavy atom. The summed E-state index contributed by atoms with van der Waals surface area (Å²) in [5.74, 6) is 1.81. The van der Waals surface area contributed by atoms with E-state index in [4.69, 9.17) is 0 Å². The van der Waals surface area contributed by atoms with E-state index >= 15 is 0 Å². The maximum Gasteiger partial charge on any atom is 0.335 e. The number of carboxylic acid groups (broad SMARTS) is 1. The van der Waals surface area contributed by atoms with Crippen molar-refractivity contribution in [2.75, 3.05) is 6.61 Å². The molecule has 170 valence electrons. The average Bonchev–Trinajstić information content (AvgIpc) is 2.81. The third-order valence-electron chi connectivity index (χ3n) is 8.74. The van der Waals surface area contributed by atoms with E-state index in [2.05, 4.69) is 30.3 Å². The lowest BCUT2D eigenvalue weighted by Gasteiger charge is -2.57. The molecule has 0 unspecified atom stereocenters. The highest BCUT2D eigenvalue weighted by Gasteiger charge is 2.52. The first kappa shape index (κ1) is 20.9. The van der Waals surface area contributed by atoms with Crippen LogP contribution in [0.5, 0.6) is 0 Å². The first-order chi connectivity index (χ1) is 16.0. The summed E-state index contributed by atoms with van der Waals surface area (Å²) in [4.78, 5) is 11.2. The van der Waals surface area contributed by atoms with Gasteiger partial charge in [0.25, 0.3) is 0 Å². The van der Waals surface area contributed by atoms with E-state index in [-0.39, 0.29) is 6.61 Å². The number of benzene rings is 3. The molecule has 4 aliphatic carbocycles. The van der Waals surface area contributed by atoms with Crippen LogP contribution in [-0.2, 0) is 11.8 Å². The molecule has 0 aromatic heterocycles. The average molecular weight is 441 g/mol. The summed E-state index contributed by atoms with van der Waals surface area (Å²) in [5, 5.41) is 21.3. The van der Waals surface area contributed by atoms with Gasteiger partial charge in [0.05, 0.1) is 5.56 Å². The number of carboxylic acids is 1. The number of aliphatic hydroxyl groups is 1. The second-order valence-electron chi connectivity index (χ2n) is 11.0. The number of rotatable bonds is 6. The molecular formula is C30H32O3. The lowest BCUT2D eigenvalue weighted by molar-refractivity contribution is -0.00554. The highest BCUT2D eigenvalue weighted by atomic mass is 16.4. The summed E-state index contributed by atoms with van der Waals surface area (Å²) >= 11 is 0. The number of aromatic carboxylic acids is 1. The zero-order valence-electron chi connectivity index (χ0n) is 19.1. The third kappa shape index (κ3) is 3.67. The van der Waals surface area contributed by atoms with E-state index in [1.165, 1.54) is 54.9 Å². The number of fused-ring (bicyclic) bond motifs is 1. The van der Waals surface area contributed by atoms with Gasteiger partial charge in [-0.3, -0.25) is 0 Å². The van der Waals surface area contributed by atoms with Crippen molar-refractivity contribution in [3.05, 3.63) is 71.3 Å². The normalized spacial score (nSPS) is 27.8. The van der Waals surface area contributed by atoms with Crippen LogP contribution in [-0.4, -0.2) is 22.8 Å². The van der Waals surface area contributed by atoms with Crippen molar-refractivity contribution < 1.29 is 15.0 Å². The van der Waals surface area contributed by atoms with Crippen molar-refractivity contribution in [3.8, 4) is 11.1 Å². The molecule has 0 aliphatic heterocycles. The number of hydrogen-bond donors (Lipinski definition) is 2. The molecule has 0 atom stereocenters. The van der Waals surface area contributed by atoms with Crippen molar-refractivity contribution >= 4 is 16.7 Å². The molecule has 0 saturated heterocycles. The van der Waals surface area contributed by atoms with Gasteiger partial charge in [0.2, 0.25) is 0 Å². The number of aliphatic hydroxyl groups excluding tert-OH is 1. The minimum Gasteiger partial charge on any atom is -0.478 e. The summed E-state index contributed by atoms with van der Waals surface area (Å²) in [7, 11) is 0. The zero-order chi connectivity index (χ0) is 22.6. The lowest BCUT2D eigenvalue weighted by atomic mass is 9.47. The van der Waals surface area contributed by atoms with Crippen LogP contribution in [0.25, 0.3) is 21.9 Å². The Labute approximate surface area is 195 Å². The molecule has 2 N–H and O–H groups in total. The van der Waals surface area contributed by atoms with Crippen LogP contribution in [0.4, 0.5) is 0 Å². The molecule has 0 spiro atoms. The van der Waals surface area contributed by atoms with E-state index in [1.807, 2.05) is 12.1 Å². The van der Waals surface area contributed by atoms with E-state index in [0.717, 1.165) is 41.7 Å². The lowest BCUT2D eigenvalue weighted by Crippen LogP contribution is -2.48. The van der Waals surface area contributed by atoms with Gasteiger partial charge in [-0.25, -0.2) is 4.79 Å². The largest absolute Gasteiger partial charge is 0.478 e. The molecule has 4 bridgehead atoms. The summed E-state index contributed by atoms with van der Waals surface area (Å²) in [5.41, 5.74) is 5.81. The number of carbonyl (C=O) groups is 1. The molecule has 3 heteroatoms. The molecule has 4 fully saturated rings. The first-order valence-corrected chi connectivity index (χ1v) is 12.5. The number of hydrogen-bond acceptors (Lipinski definition) is 2. The SMILES string of the molecule is O=C(O)c1ccc(-c2ccc3cc(CCCO)c(C45CC6CC(CC(C6)C4)C5)cc3c2)cc1. The fourth-order valence-electron chi connectivity index (χ4n) is 7.74. The molecule has 0 heterocycles. The highest BCUT2D eigenvalue weighted by molar-refractivity contribution is 5.90. The zero-order valence-corrected chi connectivity index (χ0v) is 19.1. The van der Waals surface area contributed by atoms with E-state index < -0.39 is 5.97 Å². The molecule has 3 aromatic carbocycles. The summed E-state index contributed by atoms with van der Waals surface area (Å²) in [6, 6.07) is 18.6. The van der Waals surface area contributed by atoms with Crippen molar-refractivity contribution in [2.45, 2.75) is 56.8 Å². The van der Waals surface area contributed by atoms with Crippen LogP contribution in [0, 0.1) is 17.8 Å². The van der Waals surface area contributed by atoms with E-state index in [9.17, 15) is 15.0 Å². The fourth-order valence-corrected chi connectivity index (χ4v) is 7.74. The van der Waals surface area contributed by atoms with Crippen molar-refractivity contribution in [1.29, 1.82) is 0 Å². The van der Waals surface area contributed by atoms with Gasteiger partial charge in [-0.1, -0.05) is 36.4 Å². The Morgan fingerprint density at radius 3 is 2.06 bits per heavy atom. The molecular weight excluding hydrogens is 408 g/mol. The van der Waals surface area contributed by atoms with Gasteiger partial charge in [0.15, 0.2) is 0 Å². The molecule has 0 radical (unpaired) electrons. The standard InChI is InChI=1S/C30H32O3/c31-9-1-2-26-13-25-8-7-24(22-3-5-23(6-4-22)29(32)33)14-27(25)15-28(26)30-16-19-10-20(17-30)12-21(11-19)18-30/h3-8,13-15,19-21,31H,1-2,9-12,16-18H2,(H,32,33). The van der Waals surface area contributed by atoms with Crippen molar-refractivity contribution in [1.82, 2.24) is 0 Å². The van der Waals surface area contributed by atoms with Crippen LogP contribution >= 0.6 is 0 Å². The van der Waals surface area contributed by atoms with Gasteiger partial charge in [-0.15, -0.1) is 0 Å². The van der Waals surface area contributed by atoms with Gasteiger partial charge >= 0.3 is 5.97 Å². The Bertz CT molecular complexity index is 1170. The molecule has 0 amide bonds. The minimum absolute atomic E-state index is 0.240. The molecule has 33 heavy (non-hydrogen) atoms. The molecule has 4 saturated carbocycles. The van der Waals surface area contributed by atoms with Gasteiger partial charge < -0.3 is 10.2 Å². The van der Waals surface area contributed by atoms with Crippen LogP contribution in [0.3, 0.4) is 0 Å². The van der Waals surface area contributed by atoms with E-state index in [0.29, 0.717) is 11.0 Å². The fraction of sp³-hybridized carbons (Fsp3) is 0.433. The summed E-state index contributed by atoms with van der Waals surface area (Å²) in [6.45, 7) is 0.240. The number of aryl methyl sites for hydroxylation is 1. The van der Waals surface area contributed by atoms with Gasteiger partial charge in [-0.2, -0.15) is 0 Å². The second kappa shape index (κ2) is 7.99. The molecule has 7 rings (SSSR count). The first-order valence-electron chi connectivity index (χ1n) is 12.5. The molecule has 3 aromatic rings. The highest BCUT2D eigenvalue weighted by Crippen LogP contribution is 2.61. The Hall–Kier alpha value is -2.65. The summed E-state index contributed by atoms with van der Waals surface area (Å²) < 4.78 is 0. The minimum atomic E-state index is -0.893. The molecule has 3 nitrogen and oxygen atoms in total. The molecule has 4 aliphatic rings. The van der Waals surface area contributed by atoms with Crippen molar-refractivity contribution in [3.63, 3.8) is 0 Å². The maximum atomic E-state index is 11.2. The smallest absolute Gasteiger partial charge is 0.335 e. The van der Waals surface area contributed by atoms with Crippen LogP contribution < -0.4 is 0 Å². The van der Waals surface area contributed by atoms with Crippen LogP contribution in [0.1, 0.15) is 66.4 Å². The second-order valence-corrected chi connectivity index (χ2v) is 11.0. The van der Waals surface area contributed by atoms with Gasteiger partial charge in [0.1, 0.15) is 0 Å². The quantitative estimate of drug-likeness (QED) is 0.454. The van der Waals surface area contributed by atoms with Crippen molar-refractivity contribution in [2.24, 2.45) is 17.8 Å². The van der Waals surface area contributed by atoms with Gasteiger partial charge in [-0.05, 0) is 126 Å². The Balaban J connectivity index is 1.44. The summed E-state index contributed by atoms with van der Waals surface area (Å²) in [6.07, 6.45) is 10.1. The predicted octanol–water partition coefficient (Wildman–Crippen LogP) is 6.60. The maximum absolute atomic E-state index is 11.2. The van der Waals surface area contributed by atoms with E-state index in [1.54, 1.807) is 17.7 Å². The van der Waals surface area contributed by atoms with Crippen LogP contribution in [0.15, 0.2) is 54.6 Å². The third-order valence-corrected chi connectivity index (χ3v) is 8.74. The van der Waals surface area contributed by atoms with Gasteiger partial charge in [0, 0.05) is 6.61 Å². The monoisotopic (exact) mass is 440 g/mol.